The standard InChI is InChI=1S/C21H27N3O.C2H6/c1-7-18-17(9-8-15(4)22-18)20-13(2)10-19-21(23-20)14(3)11-24(19)16(5)12-25-6;1-2/h8-11,16H,7,12H2,1-6H3;1-2H3. The third-order valence-electron chi connectivity index (χ3n) is 4.76. The van der Waals surface area contributed by atoms with Gasteiger partial charge in [0.1, 0.15) is 0 Å². The van der Waals surface area contributed by atoms with E-state index in [0.717, 1.165) is 34.6 Å². The largest absolute Gasteiger partial charge is 0.383 e. The highest BCUT2D eigenvalue weighted by atomic mass is 16.5. The molecule has 0 N–H and O–H groups in total. The normalized spacial score (nSPS) is 12.0. The van der Waals surface area contributed by atoms with Crippen molar-refractivity contribution < 1.29 is 4.74 Å². The van der Waals surface area contributed by atoms with Crippen LogP contribution in [0.25, 0.3) is 22.3 Å². The summed E-state index contributed by atoms with van der Waals surface area (Å²) in [6.07, 6.45) is 3.08. The highest BCUT2D eigenvalue weighted by molar-refractivity contribution is 5.84. The summed E-state index contributed by atoms with van der Waals surface area (Å²) in [6, 6.07) is 6.75. The lowest BCUT2D eigenvalue weighted by Gasteiger charge is -2.15. The van der Waals surface area contributed by atoms with Crippen molar-refractivity contribution in [2.24, 2.45) is 0 Å². The van der Waals surface area contributed by atoms with E-state index in [1.807, 2.05) is 20.8 Å². The van der Waals surface area contributed by atoms with Gasteiger partial charge in [-0.25, -0.2) is 4.98 Å². The fraction of sp³-hybridized carbons (Fsp3) is 0.478. The molecule has 0 saturated heterocycles. The summed E-state index contributed by atoms with van der Waals surface area (Å²) in [5, 5.41) is 0. The van der Waals surface area contributed by atoms with Crippen LogP contribution in [0.1, 0.15) is 56.3 Å². The zero-order chi connectivity index (χ0) is 20.1. The molecule has 146 valence electrons. The van der Waals surface area contributed by atoms with Gasteiger partial charge in [0.05, 0.1) is 29.4 Å². The molecule has 0 aliphatic heterocycles. The molecular weight excluding hydrogens is 334 g/mol. The maximum absolute atomic E-state index is 5.33. The maximum Gasteiger partial charge on any atom is 0.0917 e. The van der Waals surface area contributed by atoms with Crippen molar-refractivity contribution in [3.63, 3.8) is 0 Å². The summed E-state index contributed by atoms with van der Waals surface area (Å²) in [4.78, 5) is 9.75. The predicted octanol–water partition coefficient (Wildman–Crippen LogP) is 5.82. The van der Waals surface area contributed by atoms with E-state index in [9.17, 15) is 0 Å². The first-order chi connectivity index (χ1) is 13.0. The average molecular weight is 368 g/mol. The van der Waals surface area contributed by atoms with Crippen molar-refractivity contribution in [3.8, 4) is 11.3 Å². The zero-order valence-electron chi connectivity index (χ0n) is 18.1. The number of rotatable bonds is 5. The van der Waals surface area contributed by atoms with Crippen molar-refractivity contribution in [2.45, 2.75) is 60.9 Å². The molecule has 0 amide bonds. The lowest BCUT2D eigenvalue weighted by molar-refractivity contribution is 0.164. The molecule has 0 spiro atoms. The van der Waals surface area contributed by atoms with Gasteiger partial charge in [-0.05, 0) is 63.4 Å². The molecule has 1 atom stereocenters. The average Bonchev–Trinajstić information content (AvgIpc) is 2.99. The summed E-state index contributed by atoms with van der Waals surface area (Å²) in [5.74, 6) is 0. The first-order valence-corrected chi connectivity index (χ1v) is 9.90. The van der Waals surface area contributed by atoms with Gasteiger partial charge in [0.15, 0.2) is 0 Å². The van der Waals surface area contributed by atoms with Crippen molar-refractivity contribution in [1.29, 1.82) is 0 Å². The summed E-state index contributed by atoms with van der Waals surface area (Å²) >= 11 is 0. The molecule has 27 heavy (non-hydrogen) atoms. The lowest BCUT2D eigenvalue weighted by Crippen LogP contribution is -2.10. The number of fused-ring (bicyclic) bond motifs is 1. The minimum atomic E-state index is 0.278. The SMILES string of the molecule is CC.CCc1nc(C)ccc1-c1nc2c(C)cn(C(C)COC)c2cc1C. The van der Waals surface area contributed by atoms with Gasteiger partial charge in [-0.2, -0.15) is 0 Å². The molecule has 3 rings (SSSR count). The third-order valence-corrected chi connectivity index (χ3v) is 4.76. The Balaban J connectivity index is 0.00000126. The van der Waals surface area contributed by atoms with E-state index in [-0.39, 0.29) is 6.04 Å². The molecular formula is C23H33N3O. The van der Waals surface area contributed by atoms with E-state index < -0.39 is 0 Å². The van der Waals surface area contributed by atoms with Gasteiger partial charge >= 0.3 is 0 Å². The Morgan fingerprint density at radius 1 is 1.07 bits per heavy atom. The molecule has 3 aromatic heterocycles. The Hall–Kier alpha value is -2.20. The summed E-state index contributed by atoms with van der Waals surface area (Å²) in [6.45, 7) is 15.3. The minimum absolute atomic E-state index is 0.278. The third kappa shape index (κ3) is 4.22. The van der Waals surface area contributed by atoms with Crippen LogP contribution in [0, 0.1) is 20.8 Å². The fourth-order valence-electron chi connectivity index (χ4n) is 3.48. The first kappa shape index (κ1) is 21.1. The van der Waals surface area contributed by atoms with Crippen molar-refractivity contribution >= 4 is 11.0 Å². The first-order valence-electron chi connectivity index (χ1n) is 9.90. The smallest absolute Gasteiger partial charge is 0.0917 e. The number of hydrogen-bond donors (Lipinski definition) is 0. The van der Waals surface area contributed by atoms with E-state index in [4.69, 9.17) is 14.7 Å². The monoisotopic (exact) mass is 367 g/mol. The molecule has 0 aliphatic carbocycles. The second-order valence-corrected chi connectivity index (χ2v) is 6.85. The van der Waals surface area contributed by atoms with Crippen LogP contribution in [0.5, 0.6) is 0 Å². The molecule has 0 aliphatic rings. The lowest BCUT2D eigenvalue weighted by atomic mass is 10.0. The van der Waals surface area contributed by atoms with Crippen LogP contribution in [0.3, 0.4) is 0 Å². The van der Waals surface area contributed by atoms with Crippen LogP contribution in [0.4, 0.5) is 0 Å². The van der Waals surface area contributed by atoms with Gasteiger partial charge in [-0.15, -0.1) is 0 Å². The van der Waals surface area contributed by atoms with Gasteiger partial charge in [0, 0.05) is 30.3 Å². The molecule has 1 unspecified atom stereocenters. The van der Waals surface area contributed by atoms with Gasteiger partial charge in [-0.3, -0.25) is 4.98 Å². The number of pyridine rings is 2. The predicted molar refractivity (Wildman–Crippen MR) is 114 cm³/mol. The van der Waals surface area contributed by atoms with Crippen LogP contribution in [-0.4, -0.2) is 28.3 Å². The van der Waals surface area contributed by atoms with Crippen LogP contribution in [0.2, 0.25) is 0 Å². The topological polar surface area (TPSA) is 39.9 Å². The Morgan fingerprint density at radius 3 is 2.41 bits per heavy atom. The molecule has 0 bridgehead atoms. The molecule has 3 heterocycles. The van der Waals surface area contributed by atoms with Crippen molar-refractivity contribution in [1.82, 2.24) is 14.5 Å². The van der Waals surface area contributed by atoms with Crippen LogP contribution >= 0.6 is 0 Å². The van der Waals surface area contributed by atoms with Crippen LogP contribution in [0.15, 0.2) is 24.4 Å². The van der Waals surface area contributed by atoms with Gasteiger partial charge in [0.2, 0.25) is 0 Å². The fourth-order valence-corrected chi connectivity index (χ4v) is 3.48. The Morgan fingerprint density at radius 2 is 1.78 bits per heavy atom. The number of hydrogen-bond acceptors (Lipinski definition) is 3. The van der Waals surface area contributed by atoms with Gasteiger partial charge in [0.25, 0.3) is 0 Å². The molecule has 4 nitrogen and oxygen atoms in total. The molecule has 0 fully saturated rings. The summed E-state index contributed by atoms with van der Waals surface area (Å²) in [7, 11) is 1.74. The molecule has 0 saturated carbocycles. The Labute approximate surface area is 163 Å². The number of aromatic nitrogens is 3. The van der Waals surface area contributed by atoms with E-state index in [1.54, 1.807) is 7.11 Å². The highest BCUT2D eigenvalue weighted by Gasteiger charge is 2.16. The number of methoxy groups -OCH3 is 1. The number of ether oxygens (including phenoxy) is 1. The van der Waals surface area contributed by atoms with E-state index in [2.05, 4.69) is 56.7 Å². The van der Waals surface area contributed by atoms with Crippen LogP contribution < -0.4 is 0 Å². The van der Waals surface area contributed by atoms with E-state index >= 15 is 0 Å². The summed E-state index contributed by atoms with van der Waals surface area (Å²) in [5.41, 5.74) is 8.94. The van der Waals surface area contributed by atoms with E-state index in [1.165, 1.54) is 16.6 Å². The van der Waals surface area contributed by atoms with Gasteiger partial charge in [-0.1, -0.05) is 20.8 Å². The zero-order valence-corrected chi connectivity index (χ0v) is 18.1. The van der Waals surface area contributed by atoms with Crippen LogP contribution in [-0.2, 0) is 11.2 Å². The quantitative estimate of drug-likeness (QED) is 0.570. The Bertz CT molecular complexity index is 912. The molecule has 0 aromatic carbocycles. The number of aryl methyl sites for hydroxylation is 4. The highest BCUT2D eigenvalue weighted by Crippen LogP contribution is 2.31. The van der Waals surface area contributed by atoms with Crippen molar-refractivity contribution in [3.05, 3.63) is 46.9 Å². The van der Waals surface area contributed by atoms with E-state index in [0.29, 0.717) is 6.61 Å². The second kappa shape index (κ2) is 9.14. The number of nitrogens with zero attached hydrogens (tertiary/aromatic N) is 3. The molecule has 3 aromatic rings. The van der Waals surface area contributed by atoms with Gasteiger partial charge < -0.3 is 9.30 Å². The second-order valence-electron chi connectivity index (χ2n) is 6.85. The Kier molecular flexibility index (Phi) is 7.14. The summed E-state index contributed by atoms with van der Waals surface area (Å²) < 4.78 is 7.60. The van der Waals surface area contributed by atoms with Crippen molar-refractivity contribution in [2.75, 3.05) is 13.7 Å². The maximum atomic E-state index is 5.33. The molecule has 4 heteroatoms. The molecule has 0 radical (unpaired) electrons. The minimum Gasteiger partial charge on any atom is -0.383 e.